The van der Waals surface area contributed by atoms with Gasteiger partial charge in [-0.2, -0.15) is 0 Å². The molecule has 0 saturated carbocycles. The first kappa shape index (κ1) is 14.2. The van der Waals surface area contributed by atoms with Crippen LogP contribution < -0.4 is 0 Å². The smallest absolute Gasteiger partial charge is 0.192 e. The Bertz CT molecular complexity index is 216. The lowest BCUT2D eigenvalue weighted by molar-refractivity contribution is 0.147. The summed E-state index contributed by atoms with van der Waals surface area (Å²) in [5, 5.41) is 0.326. The summed E-state index contributed by atoms with van der Waals surface area (Å²) in [6.07, 6.45) is 3.12. The zero-order valence-electron chi connectivity index (χ0n) is 12.0. The monoisotopic (exact) mass is 243 g/mol. The largest absolute Gasteiger partial charge is 0.413 e. The fourth-order valence-corrected chi connectivity index (χ4v) is 3.48. The molecule has 1 atom stereocenters. The Balaban J connectivity index is 2.40. The maximum Gasteiger partial charge on any atom is 0.192 e. The Labute approximate surface area is 102 Å². The molecule has 3 heteroatoms. The third-order valence-corrected chi connectivity index (χ3v) is 8.62. The molecule has 0 aromatic rings. The van der Waals surface area contributed by atoms with Gasteiger partial charge in [0.1, 0.15) is 0 Å². The van der Waals surface area contributed by atoms with E-state index in [4.69, 9.17) is 4.43 Å². The maximum atomic E-state index is 6.36. The molecule has 2 nitrogen and oxygen atoms in total. The van der Waals surface area contributed by atoms with E-state index >= 15 is 0 Å². The summed E-state index contributed by atoms with van der Waals surface area (Å²) in [6.45, 7) is 17.5. The van der Waals surface area contributed by atoms with Gasteiger partial charge in [-0.15, -0.1) is 0 Å². The Kier molecular flexibility index (Phi) is 4.61. The highest BCUT2D eigenvalue weighted by Crippen LogP contribution is 2.37. The minimum Gasteiger partial charge on any atom is -0.413 e. The predicted molar refractivity (Wildman–Crippen MR) is 73.4 cm³/mol. The Hall–Kier alpha value is 0.137. The van der Waals surface area contributed by atoms with Crippen molar-refractivity contribution >= 4 is 8.32 Å². The third-order valence-electron chi connectivity index (χ3n) is 4.02. The zero-order chi connectivity index (χ0) is 12.4. The van der Waals surface area contributed by atoms with E-state index in [0.717, 1.165) is 6.54 Å². The number of hydrogen-bond donors (Lipinski definition) is 0. The van der Waals surface area contributed by atoms with Gasteiger partial charge < -0.3 is 9.33 Å². The summed E-state index contributed by atoms with van der Waals surface area (Å²) in [6, 6.07) is 0. The van der Waals surface area contributed by atoms with Gasteiger partial charge in [-0.05, 0) is 51.0 Å². The van der Waals surface area contributed by atoms with E-state index in [1.54, 1.807) is 0 Å². The SMILES string of the molecule is CC(CN1CCCC1)O[Si](C)(C)C(C)(C)C. The van der Waals surface area contributed by atoms with Gasteiger partial charge in [0.25, 0.3) is 0 Å². The van der Waals surface area contributed by atoms with Crippen molar-refractivity contribution in [1.29, 1.82) is 0 Å². The number of hydrogen-bond acceptors (Lipinski definition) is 2. The van der Waals surface area contributed by atoms with Gasteiger partial charge in [-0.25, -0.2) is 0 Å². The third kappa shape index (κ3) is 3.86. The van der Waals surface area contributed by atoms with Crippen LogP contribution in [0.5, 0.6) is 0 Å². The summed E-state index contributed by atoms with van der Waals surface area (Å²) < 4.78 is 6.36. The van der Waals surface area contributed by atoms with E-state index in [9.17, 15) is 0 Å². The van der Waals surface area contributed by atoms with Crippen molar-refractivity contribution in [2.75, 3.05) is 19.6 Å². The fourth-order valence-electron chi connectivity index (χ4n) is 2.05. The summed E-state index contributed by atoms with van der Waals surface area (Å²) >= 11 is 0. The summed E-state index contributed by atoms with van der Waals surface area (Å²) in [7, 11) is -1.57. The fraction of sp³-hybridized carbons (Fsp3) is 1.00. The molecule has 0 bridgehead atoms. The maximum absolute atomic E-state index is 6.36. The number of rotatable bonds is 4. The molecule has 0 amide bonds. The first-order valence-corrected chi connectivity index (χ1v) is 9.53. The summed E-state index contributed by atoms with van der Waals surface area (Å²) in [5.41, 5.74) is 0. The van der Waals surface area contributed by atoms with Crippen molar-refractivity contribution in [3.05, 3.63) is 0 Å². The molecule has 1 heterocycles. The van der Waals surface area contributed by atoms with Gasteiger partial charge >= 0.3 is 0 Å². The molecule has 1 fully saturated rings. The van der Waals surface area contributed by atoms with Crippen molar-refractivity contribution in [3.8, 4) is 0 Å². The summed E-state index contributed by atoms with van der Waals surface area (Å²) in [5.74, 6) is 0. The van der Waals surface area contributed by atoms with Gasteiger partial charge in [0.05, 0.1) is 6.10 Å². The van der Waals surface area contributed by atoms with Crippen LogP contribution in [0.1, 0.15) is 40.5 Å². The lowest BCUT2D eigenvalue weighted by Crippen LogP contribution is -2.45. The molecule has 1 saturated heterocycles. The van der Waals surface area contributed by atoms with Crippen LogP contribution in [0, 0.1) is 0 Å². The topological polar surface area (TPSA) is 12.5 Å². The molecule has 1 rings (SSSR count). The van der Waals surface area contributed by atoms with Gasteiger partial charge in [-0.3, -0.25) is 0 Å². The zero-order valence-corrected chi connectivity index (χ0v) is 13.0. The van der Waals surface area contributed by atoms with E-state index in [1.807, 2.05) is 0 Å². The summed E-state index contributed by atoms with van der Waals surface area (Å²) in [4.78, 5) is 2.54. The second-order valence-electron chi connectivity index (χ2n) is 6.70. The quantitative estimate of drug-likeness (QED) is 0.701. The molecular formula is C13H29NOSi. The lowest BCUT2D eigenvalue weighted by atomic mass is 10.2. The highest BCUT2D eigenvalue weighted by molar-refractivity contribution is 6.74. The predicted octanol–water partition coefficient (Wildman–Crippen LogP) is 3.49. The first-order chi connectivity index (χ1) is 7.22. The van der Waals surface area contributed by atoms with E-state index < -0.39 is 8.32 Å². The van der Waals surface area contributed by atoms with Crippen molar-refractivity contribution in [1.82, 2.24) is 4.90 Å². The van der Waals surface area contributed by atoms with Crippen LogP contribution >= 0.6 is 0 Å². The average molecular weight is 243 g/mol. The molecule has 1 unspecified atom stereocenters. The standard InChI is InChI=1S/C13H29NOSi/c1-12(11-14-9-7-8-10-14)15-16(5,6)13(2,3)4/h12H,7-11H2,1-6H3. The van der Waals surface area contributed by atoms with Crippen LogP contribution in [0.2, 0.25) is 18.1 Å². The van der Waals surface area contributed by atoms with E-state index in [2.05, 4.69) is 45.7 Å². The molecule has 0 N–H and O–H groups in total. The molecule has 0 spiro atoms. The van der Waals surface area contributed by atoms with Crippen LogP contribution in [0.4, 0.5) is 0 Å². The van der Waals surface area contributed by atoms with Gasteiger partial charge in [0.15, 0.2) is 8.32 Å². The van der Waals surface area contributed by atoms with Crippen LogP contribution in [0.25, 0.3) is 0 Å². The van der Waals surface area contributed by atoms with E-state index in [1.165, 1.54) is 25.9 Å². The van der Waals surface area contributed by atoms with Crippen LogP contribution in [-0.4, -0.2) is 39.0 Å². The second kappa shape index (κ2) is 5.19. The van der Waals surface area contributed by atoms with Gasteiger partial charge in [-0.1, -0.05) is 20.8 Å². The van der Waals surface area contributed by atoms with E-state index in [0.29, 0.717) is 11.1 Å². The lowest BCUT2D eigenvalue weighted by Gasteiger charge is -2.39. The van der Waals surface area contributed by atoms with Crippen molar-refractivity contribution in [2.45, 2.75) is 64.8 Å². The van der Waals surface area contributed by atoms with Crippen LogP contribution in [-0.2, 0) is 4.43 Å². The Morgan fingerprint density at radius 3 is 2.12 bits per heavy atom. The second-order valence-corrected chi connectivity index (χ2v) is 11.5. The Morgan fingerprint density at radius 1 is 1.19 bits per heavy atom. The number of likely N-dealkylation sites (tertiary alicyclic amines) is 1. The molecule has 0 aromatic heterocycles. The molecule has 0 aromatic carbocycles. The van der Waals surface area contributed by atoms with Gasteiger partial charge in [0, 0.05) is 6.54 Å². The van der Waals surface area contributed by atoms with Gasteiger partial charge in [0.2, 0.25) is 0 Å². The normalized spacial score (nSPS) is 21.4. The molecule has 0 radical (unpaired) electrons. The van der Waals surface area contributed by atoms with Crippen LogP contribution in [0.3, 0.4) is 0 Å². The van der Waals surface area contributed by atoms with Crippen molar-refractivity contribution < 1.29 is 4.43 Å². The minimum atomic E-state index is -1.57. The molecular weight excluding hydrogens is 214 g/mol. The van der Waals surface area contributed by atoms with Crippen molar-refractivity contribution in [2.24, 2.45) is 0 Å². The molecule has 96 valence electrons. The minimum absolute atomic E-state index is 0.326. The molecule has 1 aliphatic heterocycles. The van der Waals surface area contributed by atoms with E-state index in [-0.39, 0.29) is 0 Å². The van der Waals surface area contributed by atoms with Crippen LogP contribution in [0.15, 0.2) is 0 Å². The highest BCUT2D eigenvalue weighted by atomic mass is 28.4. The highest BCUT2D eigenvalue weighted by Gasteiger charge is 2.38. The average Bonchev–Trinajstić information content (AvgIpc) is 2.52. The first-order valence-electron chi connectivity index (χ1n) is 6.62. The molecule has 16 heavy (non-hydrogen) atoms. The molecule has 0 aliphatic carbocycles. The number of nitrogens with zero attached hydrogens (tertiary/aromatic N) is 1. The molecule has 1 aliphatic rings. The van der Waals surface area contributed by atoms with Crippen molar-refractivity contribution in [3.63, 3.8) is 0 Å². The Morgan fingerprint density at radius 2 is 1.69 bits per heavy atom.